The molecule has 0 radical (unpaired) electrons. The number of methoxy groups -OCH3 is 2. The predicted octanol–water partition coefficient (Wildman–Crippen LogP) is -0.432. The first-order chi connectivity index (χ1) is 7.11. The van der Waals surface area contributed by atoms with E-state index in [4.69, 9.17) is 9.47 Å². The highest BCUT2D eigenvalue weighted by molar-refractivity contribution is 5.80. The Bertz CT molecular complexity index is 514. The maximum atomic E-state index is 11.4. The van der Waals surface area contributed by atoms with Crippen LogP contribution in [-0.2, 0) is 0 Å². The van der Waals surface area contributed by atoms with Gasteiger partial charge in [-0.15, -0.1) is 4.73 Å². The summed E-state index contributed by atoms with van der Waals surface area (Å²) in [6.07, 6.45) is 0. The Balaban J connectivity index is 2.86. The highest BCUT2D eigenvalue weighted by Gasteiger charge is 2.28. The zero-order valence-corrected chi connectivity index (χ0v) is 8.04. The van der Waals surface area contributed by atoms with Crippen molar-refractivity contribution >= 4 is 11.0 Å². The van der Waals surface area contributed by atoms with Crippen molar-refractivity contribution in [2.24, 2.45) is 0 Å². The van der Waals surface area contributed by atoms with Crippen LogP contribution in [0, 0.1) is 5.21 Å². The van der Waals surface area contributed by atoms with E-state index in [1.807, 2.05) is 0 Å². The molecule has 0 aliphatic heterocycles. The lowest BCUT2D eigenvalue weighted by Crippen LogP contribution is -2.36. The first-order valence-electron chi connectivity index (χ1n) is 3.98. The molecule has 2 heterocycles. The molecule has 8 nitrogen and oxygen atoms in total. The molecule has 2 N–H and O–H groups in total. The van der Waals surface area contributed by atoms with E-state index in [2.05, 4.69) is 0 Å². The molecule has 8 heteroatoms. The van der Waals surface area contributed by atoms with Crippen LogP contribution in [0.5, 0.6) is 11.8 Å². The van der Waals surface area contributed by atoms with Crippen LogP contribution in [-0.4, -0.2) is 34.2 Å². The van der Waals surface area contributed by atoms with E-state index in [-0.39, 0.29) is 32.5 Å². The molecule has 0 unspecified atom stereocenters. The number of fused-ring (bicyclic) bond motifs is 1. The van der Waals surface area contributed by atoms with Crippen LogP contribution < -0.4 is 14.3 Å². The minimum absolute atomic E-state index is 0.0341. The summed E-state index contributed by atoms with van der Waals surface area (Å²) >= 11 is 0. The molecule has 2 aromatic heterocycles. The topological polar surface area (TPSA) is 95.7 Å². The standard InChI is InChI=1S/C7H9N3O5/c1-14-5-3-4-6(8(5)11)7(15-2)10(13)9(4)12/h3,11,13H,1-2H3. The fourth-order valence-electron chi connectivity index (χ4n) is 1.41. The van der Waals surface area contributed by atoms with Gasteiger partial charge in [0.15, 0.2) is 0 Å². The molecule has 0 aliphatic rings. The lowest BCUT2D eigenvalue weighted by Gasteiger charge is -2.01. The first kappa shape index (κ1) is 9.31. The van der Waals surface area contributed by atoms with Gasteiger partial charge in [0.25, 0.3) is 5.52 Å². The van der Waals surface area contributed by atoms with Gasteiger partial charge in [-0.1, -0.05) is 0 Å². The van der Waals surface area contributed by atoms with Crippen molar-refractivity contribution in [3.05, 3.63) is 11.3 Å². The Kier molecular flexibility index (Phi) is 1.78. The molecule has 0 saturated carbocycles. The van der Waals surface area contributed by atoms with E-state index >= 15 is 0 Å². The monoisotopic (exact) mass is 215 g/mol. The van der Waals surface area contributed by atoms with E-state index in [1.54, 1.807) is 0 Å². The van der Waals surface area contributed by atoms with Gasteiger partial charge >= 0.3 is 5.88 Å². The molecule has 0 spiro atoms. The van der Waals surface area contributed by atoms with Gasteiger partial charge in [0.1, 0.15) is 0 Å². The lowest BCUT2D eigenvalue weighted by atomic mass is 10.5. The van der Waals surface area contributed by atoms with Gasteiger partial charge in [-0.3, -0.25) is 0 Å². The Labute approximate surface area is 83.6 Å². The van der Waals surface area contributed by atoms with Crippen LogP contribution in [0.2, 0.25) is 0 Å². The van der Waals surface area contributed by atoms with Gasteiger partial charge in [-0.05, 0) is 4.85 Å². The average Bonchev–Trinajstić information content (AvgIpc) is 2.67. The van der Waals surface area contributed by atoms with Crippen LogP contribution in [0.15, 0.2) is 6.07 Å². The normalized spacial score (nSPS) is 10.8. The van der Waals surface area contributed by atoms with Gasteiger partial charge < -0.3 is 25.1 Å². The Morgan fingerprint density at radius 2 is 2.00 bits per heavy atom. The first-order valence-corrected chi connectivity index (χ1v) is 3.98. The number of rotatable bonds is 2. The molecule has 0 bridgehead atoms. The summed E-state index contributed by atoms with van der Waals surface area (Å²) in [4.78, 5) is 0.417. The van der Waals surface area contributed by atoms with Crippen LogP contribution in [0.1, 0.15) is 0 Å². The molecule has 0 fully saturated rings. The van der Waals surface area contributed by atoms with Crippen LogP contribution >= 0.6 is 0 Å². The summed E-state index contributed by atoms with van der Waals surface area (Å²) < 4.78 is 10.2. The second-order valence-electron chi connectivity index (χ2n) is 2.80. The summed E-state index contributed by atoms with van der Waals surface area (Å²) in [6.45, 7) is 0. The van der Waals surface area contributed by atoms with E-state index < -0.39 is 0 Å². The summed E-state index contributed by atoms with van der Waals surface area (Å²) in [5, 5.41) is 30.2. The molecular weight excluding hydrogens is 206 g/mol. The fraction of sp³-hybridized carbons (Fsp3) is 0.286. The third kappa shape index (κ3) is 0.981. The highest BCUT2D eigenvalue weighted by Crippen LogP contribution is 2.28. The third-order valence-electron chi connectivity index (χ3n) is 2.09. The van der Waals surface area contributed by atoms with Crippen molar-refractivity contribution in [2.75, 3.05) is 14.2 Å². The van der Waals surface area contributed by atoms with Gasteiger partial charge in [0.05, 0.1) is 25.1 Å². The van der Waals surface area contributed by atoms with Crippen molar-refractivity contribution in [1.82, 2.24) is 9.58 Å². The van der Waals surface area contributed by atoms with E-state index in [9.17, 15) is 15.6 Å². The molecule has 0 atom stereocenters. The zero-order valence-electron chi connectivity index (χ0n) is 8.04. The maximum Gasteiger partial charge on any atom is 0.327 e. The fourth-order valence-corrected chi connectivity index (χ4v) is 1.41. The SMILES string of the molecule is COc1cc2c(c(OC)n(O)[n+]2[O-])n1O. The minimum atomic E-state index is -0.175. The summed E-state index contributed by atoms with van der Waals surface area (Å²) in [6, 6.07) is 1.28. The van der Waals surface area contributed by atoms with Crippen LogP contribution in [0.3, 0.4) is 0 Å². The summed E-state index contributed by atoms with van der Waals surface area (Å²) in [7, 11) is 2.61. The predicted molar refractivity (Wildman–Crippen MR) is 46.4 cm³/mol. The Morgan fingerprint density at radius 1 is 1.33 bits per heavy atom. The molecule has 0 saturated heterocycles. The summed E-state index contributed by atoms with van der Waals surface area (Å²) in [5.41, 5.74) is 0.0700. The number of aromatic nitrogens is 3. The molecular formula is C7H9N3O5. The lowest BCUT2D eigenvalue weighted by molar-refractivity contribution is -0.703. The van der Waals surface area contributed by atoms with Crippen molar-refractivity contribution in [2.45, 2.75) is 0 Å². The van der Waals surface area contributed by atoms with Gasteiger partial charge in [0, 0.05) is 0 Å². The molecule has 0 aliphatic carbocycles. The molecule has 15 heavy (non-hydrogen) atoms. The van der Waals surface area contributed by atoms with E-state index in [1.165, 1.54) is 20.3 Å². The summed E-state index contributed by atoms with van der Waals surface area (Å²) in [5.74, 6) is -0.102. The van der Waals surface area contributed by atoms with Crippen molar-refractivity contribution in [3.63, 3.8) is 0 Å². The third-order valence-corrected chi connectivity index (χ3v) is 2.09. The number of ether oxygens (including phenoxy) is 2. The zero-order chi connectivity index (χ0) is 11.2. The van der Waals surface area contributed by atoms with E-state index in [0.29, 0.717) is 4.73 Å². The maximum absolute atomic E-state index is 11.4. The van der Waals surface area contributed by atoms with Gasteiger partial charge in [0.2, 0.25) is 11.4 Å². The van der Waals surface area contributed by atoms with Crippen LogP contribution in [0.4, 0.5) is 0 Å². The second-order valence-corrected chi connectivity index (χ2v) is 2.80. The molecule has 82 valence electrons. The smallest absolute Gasteiger partial charge is 0.327 e. The van der Waals surface area contributed by atoms with Crippen molar-refractivity contribution < 1.29 is 24.7 Å². The van der Waals surface area contributed by atoms with E-state index in [0.717, 1.165) is 0 Å². The Hall–Kier alpha value is -2.25. The largest absolute Gasteiger partial charge is 0.593 e. The molecule has 0 aromatic carbocycles. The van der Waals surface area contributed by atoms with Gasteiger partial charge in [-0.25, -0.2) is 0 Å². The van der Waals surface area contributed by atoms with Crippen molar-refractivity contribution in [3.8, 4) is 11.8 Å². The molecule has 2 aromatic rings. The quantitative estimate of drug-likeness (QED) is 0.402. The number of hydrogen-bond donors (Lipinski definition) is 2. The second kappa shape index (κ2) is 2.87. The minimum Gasteiger partial charge on any atom is -0.593 e. The highest BCUT2D eigenvalue weighted by atomic mass is 16.6. The van der Waals surface area contributed by atoms with Gasteiger partial charge in [-0.2, -0.15) is 0 Å². The van der Waals surface area contributed by atoms with Crippen molar-refractivity contribution in [1.29, 1.82) is 0 Å². The number of nitrogens with zero attached hydrogens (tertiary/aromatic N) is 3. The van der Waals surface area contributed by atoms with Crippen LogP contribution in [0.25, 0.3) is 11.0 Å². The Morgan fingerprint density at radius 3 is 2.53 bits per heavy atom. The molecule has 0 amide bonds. The number of hydrogen-bond acceptors (Lipinski definition) is 5. The average molecular weight is 215 g/mol. The molecule has 2 rings (SSSR count).